The molecule has 2 heterocycles. The van der Waals surface area contributed by atoms with E-state index in [1.807, 2.05) is 22.8 Å². The molecule has 0 spiro atoms. The highest BCUT2D eigenvalue weighted by molar-refractivity contribution is 6.76. The standard InChI is InChI=1S/C37H48ClN3O7Si/c1-44-36(43)30-13-15-31(16-14-30)48-37-40-35-33(41(37)25-47-21-22-49(2,3)4)23-32(38)34(39-35)29-11-9-28(10-12-29)27-7-5-26(6-8-27)24-46-20-19-45-18-17-42/h5-12,23,30-31,42H,13-22,24-25H2,1-4H3/t30-,31-. The number of esters is 1. The van der Waals surface area contributed by atoms with Gasteiger partial charge in [0.05, 0.1) is 62.3 Å². The Kier molecular flexibility index (Phi) is 13.2. The lowest BCUT2D eigenvalue weighted by Gasteiger charge is -2.27. The van der Waals surface area contributed by atoms with Gasteiger partial charge in [-0.25, -0.2) is 4.98 Å². The van der Waals surface area contributed by atoms with Crippen LogP contribution in [0.2, 0.25) is 30.7 Å². The normalized spacial score (nSPS) is 16.6. The number of fused-ring (bicyclic) bond motifs is 1. The van der Waals surface area contributed by atoms with Crippen LogP contribution in [-0.4, -0.2) is 79.9 Å². The largest absolute Gasteiger partial charge is 0.469 e. The molecule has 2 aromatic carbocycles. The van der Waals surface area contributed by atoms with Gasteiger partial charge in [0.2, 0.25) is 0 Å². The smallest absolute Gasteiger partial charge is 0.308 e. The van der Waals surface area contributed by atoms with Gasteiger partial charge in [-0.1, -0.05) is 79.8 Å². The predicted molar refractivity (Wildman–Crippen MR) is 193 cm³/mol. The van der Waals surface area contributed by atoms with Crippen molar-refractivity contribution >= 4 is 36.8 Å². The van der Waals surface area contributed by atoms with Crippen molar-refractivity contribution in [3.63, 3.8) is 0 Å². The number of ether oxygens (including phenoxy) is 5. The summed E-state index contributed by atoms with van der Waals surface area (Å²) in [5.41, 5.74) is 6.05. The number of carbonyl (C=O) groups excluding carboxylic acids is 1. The zero-order valence-corrected chi connectivity index (χ0v) is 30.7. The SMILES string of the molecule is COC(=O)[C@H]1CC[C@H](Oc2nc3nc(-c4ccc(-c5ccc(COCCOCCO)cc5)cc4)c(Cl)cc3n2COCC[Si](C)(C)C)CC1. The number of aliphatic hydroxyl groups excluding tert-OH is 1. The molecule has 12 heteroatoms. The molecule has 5 rings (SSSR count). The van der Waals surface area contributed by atoms with Crippen LogP contribution in [0.25, 0.3) is 33.5 Å². The van der Waals surface area contributed by atoms with Gasteiger partial charge in [0, 0.05) is 20.2 Å². The van der Waals surface area contributed by atoms with Crippen molar-refractivity contribution in [2.45, 2.75) is 70.8 Å². The molecule has 1 aliphatic carbocycles. The third-order valence-electron chi connectivity index (χ3n) is 8.68. The van der Waals surface area contributed by atoms with E-state index in [1.54, 1.807) is 0 Å². The van der Waals surface area contributed by atoms with Crippen molar-refractivity contribution in [3.05, 3.63) is 65.2 Å². The highest BCUT2D eigenvalue weighted by Gasteiger charge is 2.29. The lowest BCUT2D eigenvalue weighted by molar-refractivity contribution is -0.147. The van der Waals surface area contributed by atoms with Crippen LogP contribution in [0.15, 0.2) is 54.6 Å². The zero-order valence-electron chi connectivity index (χ0n) is 29.0. The van der Waals surface area contributed by atoms with Crippen molar-refractivity contribution in [1.82, 2.24) is 14.5 Å². The summed E-state index contributed by atoms with van der Waals surface area (Å²) in [6, 6.07) is 19.8. The first-order valence-electron chi connectivity index (χ1n) is 17.0. The summed E-state index contributed by atoms with van der Waals surface area (Å²) in [6.07, 6.45) is 2.84. The Morgan fingerprint density at radius 3 is 2.18 bits per heavy atom. The number of rotatable bonds is 17. The quantitative estimate of drug-likeness (QED) is 0.0682. The summed E-state index contributed by atoms with van der Waals surface area (Å²) in [6.45, 7) is 9.69. The molecule has 0 bridgehead atoms. The number of methoxy groups -OCH3 is 1. The summed E-state index contributed by atoms with van der Waals surface area (Å²) in [5, 5.41) is 9.29. The summed E-state index contributed by atoms with van der Waals surface area (Å²) in [5.74, 6) is -0.241. The Morgan fingerprint density at radius 1 is 0.878 bits per heavy atom. The third kappa shape index (κ3) is 10.3. The number of pyridine rings is 1. The van der Waals surface area contributed by atoms with Gasteiger partial charge in [-0.3, -0.25) is 9.36 Å². The van der Waals surface area contributed by atoms with E-state index in [4.69, 9.17) is 50.4 Å². The van der Waals surface area contributed by atoms with E-state index in [0.29, 0.717) is 55.4 Å². The Morgan fingerprint density at radius 2 is 1.53 bits per heavy atom. The first-order valence-corrected chi connectivity index (χ1v) is 21.1. The monoisotopic (exact) mass is 709 g/mol. The van der Waals surface area contributed by atoms with Gasteiger partial charge in [0.25, 0.3) is 0 Å². The Bertz CT molecular complexity index is 1650. The van der Waals surface area contributed by atoms with Gasteiger partial charge in [-0.2, -0.15) is 4.98 Å². The van der Waals surface area contributed by atoms with E-state index in [1.165, 1.54) is 7.11 Å². The van der Waals surface area contributed by atoms with E-state index in [2.05, 4.69) is 56.0 Å². The minimum atomic E-state index is -1.26. The van der Waals surface area contributed by atoms with Crippen molar-refractivity contribution in [2.24, 2.45) is 5.92 Å². The van der Waals surface area contributed by atoms with E-state index < -0.39 is 8.07 Å². The first kappa shape index (κ1) is 36.9. The number of nitrogens with zero attached hydrogens (tertiary/aromatic N) is 3. The average Bonchev–Trinajstić information content (AvgIpc) is 3.42. The summed E-state index contributed by atoms with van der Waals surface area (Å²) in [7, 11) is 0.178. The topological polar surface area (TPSA) is 114 Å². The van der Waals surface area contributed by atoms with Gasteiger partial charge in [-0.15, -0.1) is 0 Å². The lowest BCUT2D eigenvalue weighted by atomic mass is 9.87. The van der Waals surface area contributed by atoms with Crippen molar-refractivity contribution in [1.29, 1.82) is 0 Å². The van der Waals surface area contributed by atoms with E-state index in [-0.39, 0.29) is 31.3 Å². The molecule has 0 unspecified atom stereocenters. The number of carbonyl (C=O) groups is 1. The number of imidazole rings is 1. The van der Waals surface area contributed by atoms with Gasteiger partial charge in [0.1, 0.15) is 12.8 Å². The fraction of sp³-hybridized carbons (Fsp3) is 0.486. The van der Waals surface area contributed by atoms with Gasteiger partial charge in [-0.05, 0) is 54.5 Å². The van der Waals surface area contributed by atoms with E-state index >= 15 is 0 Å². The second kappa shape index (κ2) is 17.6. The fourth-order valence-electron chi connectivity index (χ4n) is 5.78. The Hall–Kier alpha value is -3.32. The van der Waals surface area contributed by atoms with Crippen LogP contribution >= 0.6 is 11.6 Å². The minimum absolute atomic E-state index is 0.0150. The predicted octanol–water partition coefficient (Wildman–Crippen LogP) is 7.37. The molecule has 264 valence electrons. The van der Waals surface area contributed by atoms with Gasteiger partial charge >= 0.3 is 12.0 Å². The van der Waals surface area contributed by atoms with Crippen LogP contribution in [0.3, 0.4) is 0 Å². The van der Waals surface area contributed by atoms with Crippen LogP contribution in [-0.2, 0) is 37.1 Å². The van der Waals surface area contributed by atoms with Gasteiger partial charge in [0.15, 0.2) is 5.65 Å². The van der Waals surface area contributed by atoms with Crippen molar-refractivity contribution < 1.29 is 33.6 Å². The molecule has 1 saturated carbocycles. The molecular weight excluding hydrogens is 662 g/mol. The van der Waals surface area contributed by atoms with Crippen LogP contribution in [0.1, 0.15) is 31.2 Å². The number of halogens is 1. The summed E-state index contributed by atoms with van der Waals surface area (Å²) in [4.78, 5) is 21.8. The molecule has 0 saturated heterocycles. The summed E-state index contributed by atoms with van der Waals surface area (Å²) >= 11 is 6.89. The van der Waals surface area contributed by atoms with Crippen LogP contribution in [0, 0.1) is 5.92 Å². The molecule has 0 amide bonds. The molecule has 49 heavy (non-hydrogen) atoms. The molecular formula is C37H48ClN3O7Si. The molecule has 10 nitrogen and oxygen atoms in total. The average molecular weight is 710 g/mol. The van der Waals surface area contributed by atoms with Gasteiger partial charge < -0.3 is 28.8 Å². The second-order valence-corrected chi connectivity index (χ2v) is 19.6. The third-order valence-corrected chi connectivity index (χ3v) is 10.7. The lowest BCUT2D eigenvalue weighted by Crippen LogP contribution is -2.29. The van der Waals surface area contributed by atoms with E-state index in [0.717, 1.165) is 59.5 Å². The number of hydrogen-bond acceptors (Lipinski definition) is 9. The van der Waals surface area contributed by atoms with Crippen LogP contribution in [0.4, 0.5) is 0 Å². The molecule has 2 aromatic heterocycles. The van der Waals surface area contributed by atoms with Crippen molar-refractivity contribution in [2.75, 3.05) is 40.1 Å². The Balaban J connectivity index is 1.30. The maximum absolute atomic E-state index is 12.0. The maximum Gasteiger partial charge on any atom is 0.308 e. The summed E-state index contributed by atoms with van der Waals surface area (Å²) < 4.78 is 30.3. The first-order chi connectivity index (χ1) is 23.6. The minimum Gasteiger partial charge on any atom is -0.469 e. The highest BCUT2D eigenvalue weighted by atomic mass is 35.5. The zero-order chi connectivity index (χ0) is 34.8. The molecule has 0 radical (unpaired) electrons. The van der Waals surface area contributed by atoms with E-state index in [9.17, 15) is 4.79 Å². The molecule has 1 fully saturated rings. The van der Waals surface area contributed by atoms with Crippen molar-refractivity contribution in [3.8, 4) is 28.4 Å². The number of aliphatic hydroxyl groups is 1. The molecule has 1 aliphatic rings. The molecule has 4 aromatic rings. The number of hydrogen-bond donors (Lipinski definition) is 1. The molecule has 1 N–H and O–H groups in total. The fourth-order valence-corrected chi connectivity index (χ4v) is 6.79. The Labute approximate surface area is 294 Å². The maximum atomic E-state index is 12.0. The molecule has 0 aliphatic heterocycles. The highest BCUT2D eigenvalue weighted by Crippen LogP contribution is 2.34. The number of benzene rings is 2. The molecule has 0 atom stereocenters. The second-order valence-electron chi connectivity index (χ2n) is 13.6. The van der Waals surface area contributed by atoms with Crippen LogP contribution < -0.4 is 4.74 Å². The number of aromatic nitrogens is 3. The van der Waals surface area contributed by atoms with Crippen LogP contribution in [0.5, 0.6) is 6.01 Å².